The van der Waals surface area contributed by atoms with Gasteiger partial charge in [0.2, 0.25) is 0 Å². The molecule has 5 rings (SSSR count). The summed E-state index contributed by atoms with van der Waals surface area (Å²) in [5.74, 6) is 0.473. The van der Waals surface area contributed by atoms with Gasteiger partial charge >= 0.3 is 0 Å². The second kappa shape index (κ2) is 5.57. The van der Waals surface area contributed by atoms with Gasteiger partial charge in [-0.1, -0.05) is 36.4 Å². The first-order chi connectivity index (χ1) is 11.2. The minimum atomic E-state index is -0.501. The lowest BCUT2D eigenvalue weighted by Gasteiger charge is -2.60. The number of ether oxygens (including phenoxy) is 1. The molecule has 3 nitrogen and oxygen atoms in total. The Balaban J connectivity index is 1.66. The number of carbonyl (C=O) groups excluding carboxylic acids is 1. The van der Waals surface area contributed by atoms with Gasteiger partial charge in [0, 0.05) is 6.42 Å². The van der Waals surface area contributed by atoms with Crippen LogP contribution in [-0.2, 0) is 16.1 Å². The van der Waals surface area contributed by atoms with E-state index in [1.165, 1.54) is 0 Å². The lowest BCUT2D eigenvalue weighted by atomic mass is 9.48. The molecule has 1 N–H and O–H groups in total. The molecule has 0 unspecified atom stereocenters. The number of benzene rings is 1. The van der Waals surface area contributed by atoms with Gasteiger partial charge in [-0.25, -0.2) is 0 Å². The summed E-state index contributed by atoms with van der Waals surface area (Å²) in [5, 5.41) is 10.5. The second-order valence-corrected chi connectivity index (χ2v) is 7.43. The van der Waals surface area contributed by atoms with E-state index < -0.39 is 11.0 Å². The first-order valence-corrected chi connectivity index (χ1v) is 8.72. The van der Waals surface area contributed by atoms with E-state index in [9.17, 15) is 9.90 Å². The average molecular weight is 312 g/mol. The van der Waals surface area contributed by atoms with Gasteiger partial charge in [0.25, 0.3) is 0 Å². The van der Waals surface area contributed by atoms with Gasteiger partial charge < -0.3 is 9.84 Å². The Morgan fingerprint density at radius 2 is 2.00 bits per heavy atom. The molecular weight excluding hydrogens is 288 g/mol. The molecular formula is C20H24O3. The number of fused-ring (bicyclic) bond motifs is 2. The highest BCUT2D eigenvalue weighted by molar-refractivity contribution is 5.97. The van der Waals surface area contributed by atoms with Gasteiger partial charge in [-0.15, -0.1) is 0 Å². The van der Waals surface area contributed by atoms with Crippen molar-refractivity contribution >= 4 is 5.78 Å². The van der Waals surface area contributed by atoms with E-state index >= 15 is 0 Å². The summed E-state index contributed by atoms with van der Waals surface area (Å²) >= 11 is 0. The molecule has 4 atom stereocenters. The molecule has 4 aliphatic carbocycles. The van der Waals surface area contributed by atoms with Crippen molar-refractivity contribution in [2.75, 3.05) is 0 Å². The number of carbonyl (C=O) groups is 1. The first-order valence-electron chi connectivity index (χ1n) is 8.72. The highest BCUT2D eigenvalue weighted by Gasteiger charge is 2.64. The molecule has 122 valence electrons. The number of allylic oxidation sites excluding steroid dienone is 2. The molecule has 2 bridgehead atoms. The number of aliphatic hydroxyl groups is 1. The molecule has 0 saturated heterocycles. The van der Waals surface area contributed by atoms with E-state index in [1.54, 1.807) is 6.08 Å². The normalized spacial score (nSPS) is 39.1. The van der Waals surface area contributed by atoms with Gasteiger partial charge in [-0.2, -0.15) is 0 Å². The molecule has 0 heterocycles. The smallest absolute Gasteiger partial charge is 0.164 e. The Morgan fingerprint density at radius 1 is 1.17 bits per heavy atom. The Hall–Kier alpha value is -1.45. The molecule has 23 heavy (non-hydrogen) atoms. The number of aliphatic hydroxyl groups excluding tert-OH is 1. The van der Waals surface area contributed by atoms with Crippen LogP contribution in [0.15, 0.2) is 42.5 Å². The van der Waals surface area contributed by atoms with E-state index in [1.807, 2.05) is 24.3 Å². The summed E-state index contributed by atoms with van der Waals surface area (Å²) < 4.78 is 6.46. The van der Waals surface area contributed by atoms with Crippen molar-refractivity contribution in [1.29, 1.82) is 0 Å². The molecule has 1 spiro atoms. The molecule has 0 aromatic heterocycles. The van der Waals surface area contributed by atoms with Gasteiger partial charge in [-0.3, -0.25) is 4.79 Å². The summed E-state index contributed by atoms with van der Waals surface area (Å²) in [6.07, 6.45) is 8.45. The van der Waals surface area contributed by atoms with Crippen LogP contribution in [0.4, 0.5) is 0 Å². The largest absolute Gasteiger partial charge is 0.393 e. The predicted octanol–water partition coefficient (Wildman–Crippen LogP) is 3.41. The van der Waals surface area contributed by atoms with Gasteiger partial charge in [0.1, 0.15) is 0 Å². The van der Waals surface area contributed by atoms with Crippen LogP contribution in [0.1, 0.15) is 44.1 Å². The van der Waals surface area contributed by atoms with E-state index in [2.05, 4.69) is 12.1 Å². The molecule has 0 amide bonds. The van der Waals surface area contributed by atoms with Crippen molar-refractivity contribution in [3.63, 3.8) is 0 Å². The minimum Gasteiger partial charge on any atom is -0.393 e. The lowest BCUT2D eigenvalue weighted by molar-refractivity contribution is -0.230. The maximum atomic E-state index is 12.8. The van der Waals surface area contributed by atoms with Gasteiger partial charge in [0.15, 0.2) is 5.78 Å². The fraction of sp³-hybridized carbons (Fsp3) is 0.550. The minimum absolute atomic E-state index is 0.216. The molecule has 4 aliphatic rings. The van der Waals surface area contributed by atoms with Gasteiger partial charge in [-0.05, 0) is 49.7 Å². The zero-order chi connectivity index (χ0) is 15.9. The van der Waals surface area contributed by atoms with Crippen LogP contribution in [0.2, 0.25) is 0 Å². The van der Waals surface area contributed by atoms with Crippen molar-refractivity contribution in [2.24, 2.45) is 11.3 Å². The third kappa shape index (κ3) is 2.29. The van der Waals surface area contributed by atoms with Crippen LogP contribution in [0.3, 0.4) is 0 Å². The van der Waals surface area contributed by atoms with Crippen molar-refractivity contribution in [3.8, 4) is 0 Å². The topological polar surface area (TPSA) is 46.5 Å². The predicted molar refractivity (Wildman–Crippen MR) is 87.7 cm³/mol. The number of ketones is 1. The zero-order valence-corrected chi connectivity index (χ0v) is 13.4. The highest BCUT2D eigenvalue weighted by Crippen LogP contribution is 2.60. The van der Waals surface area contributed by atoms with Crippen LogP contribution >= 0.6 is 0 Å². The van der Waals surface area contributed by atoms with E-state index in [-0.39, 0.29) is 17.8 Å². The summed E-state index contributed by atoms with van der Waals surface area (Å²) in [6, 6.07) is 10.1. The molecule has 3 fully saturated rings. The standard InChI is InChI=1S/C20H24O3/c21-17-13-20(23-14-15-6-2-1-3-7-15)11-9-16(17)12-19(20)10-5-4-8-18(19)22/h1-4,6-8,16-17,21H,5,9-14H2/t16-,17-,19-,20+/m0/s1. The number of rotatable bonds is 3. The number of hydrogen-bond donors (Lipinski definition) is 1. The van der Waals surface area contributed by atoms with Crippen molar-refractivity contribution in [3.05, 3.63) is 48.0 Å². The maximum absolute atomic E-state index is 12.8. The van der Waals surface area contributed by atoms with Crippen LogP contribution in [0.5, 0.6) is 0 Å². The van der Waals surface area contributed by atoms with Crippen LogP contribution in [0.25, 0.3) is 0 Å². The molecule has 3 saturated carbocycles. The van der Waals surface area contributed by atoms with E-state index in [4.69, 9.17) is 4.74 Å². The first kappa shape index (κ1) is 15.1. The van der Waals surface area contributed by atoms with Crippen LogP contribution < -0.4 is 0 Å². The zero-order valence-electron chi connectivity index (χ0n) is 13.4. The average Bonchev–Trinajstić information content (AvgIpc) is 2.58. The molecule has 0 aliphatic heterocycles. The third-order valence-electron chi connectivity index (χ3n) is 6.32. The summed E-state index contributed by atoms with van der Waals surface area (Å²) in [7, 11) is 0. The summed E-state index contributed by atoms with van der Waals surface area (Å²) in [5.41, 5.74) is 0.204. The van der Waals surface area contributed by atoms with E-state index in [0.717, 1.165) is 37.7 Å². The van der Waals surface area contributed by atoms with Gasteiger partial charge in [0.05, 0.1) is 23.7 Å². The van der Waals surface area contributed by atoms with Crippen LogP contribution in [0, 0.1) is 11.3 Å². The monoisotopic (exact) mass is 312 g/mol. The third-order valence-corrected chi connectivity index (χ3v) is 6.32. The van der Waals surface area contributed by atoms with Crippen LogP contribution in [-0.4, -0.2) is 22.6 Å². The van der Waals surface area contributed by atoms with Crippen molar-refractivity contribution in [2.45, 2.75) is 56.8 Å². The Kier molecular flexibility index (Phi) is 3.66. The number of hydrogen-bond acceptors (Lipinski definition) is 3. The Morgan fingerprint density at radius 3 is 2.74 bits per heavy atom. The fourth-order valence-electron chi connectivity index (χ4n) is 5.05. The van der Waals surface area contributed by atoms with Crippen molar-refractivity contribution in [1.82, 2.24) is 0 Å². The van der Waals surface area contributed by atoms with E-state index in [0.29, 0.717) is 13.0 Å². The Bertz CT molecular complexity index is 623. The molecule has 0 radical (unpaired) electrons. The maximum Gasteiger partial charge on any atom is 0.164 e. The quantitative estimate of drug-likeness (QED) is 0.930. The molecule has 3 heteroatoms. The summed E-state index contributed by atoms with van der Waals surface area (Å²) in [4.78, 5) is 12.8. The lowest BCUT2D eigenvalue weighted by Crippen LogP contribution is -2.65. The Labute approximate surface area is 137 Å². The molecule has 1 aromatic carbocycles. The fourth-order valence-corrected chi connectivity index (χ4v) is 5.05. The SMILES string of the molecule is O=C1C=CCC[C@]12C[C@@H]1CC[C@@]2(OCc2ccccc2)C[C@@H]1O. The second-order valence-electron chi connectivity index (χ2n) is 7.43. The highest BCUT2D eigenvalue weighted by atomic mass is 16.5. The molecule has 1 aromatic rings. The summed E-state index contributed by atoms with van der Waals surface area (Å²) in [6.45, 7) is 0.511. The van der Waals surface area contributed by atoms with Crippen molar-refractivity contribution < 1.29 is 14.6 Å².